The lowest BCUT2D eigenvalue weighted by Gasteiger charge is -2.36. The van der Waals surface area contributed by atoms with Crippen molar-refractivity contribution in [2.45, 2.75) is 12.2 Å². The van der Waals surface area contributed by atoms with E-state index in [1.165, 1.54) is 30.2 Å². The molecule has 0 spiro atoms. The van der Waals surface area contributed by atoms with Crippen molar-refractivity contribution in [1.29, 1.82) is 0 Å². The number of benzene rings is 1. The maximum atomic E-state index is 13.3. The number of rotatable bonds is 3. The Hall–Kier alpha value is -0.890. The molecule has 1 aliphatic heterocycles. The van der Waals surface area contributed by atoms with Gasteiger partial charge in [0.05, 0.1) is 7.11 Å². The molecule has 1 saturated heterocycles. The van der Waals surface area contributed by atoms with E-state index in [-0.39, 0.29) is 43.5 Å². The number of aromatic hydroxyl groups is 1. The highest BCUT2D eigenvalue weighted by Crippen LogP contribution is 2.42. The minimum atomic E-state index is -4.44. The van der Waals surface area contributed by atoms with Gasteiger partial charge in [0, 0.05) is 37.8 Å². The third-order valence-corrected chi connectivity index (χ3v) is 3.36. The number of alkyl halides is 3. The summed E-state index contributed by atoms with van der Waals surface area (Å²) in [5.41, 5.74) is -0.139. The first kappa shape index (κ1) is 21.1. The first-order valence-electron chi connectivity index (χ1n) is 6.32. The number of nitrogens with one attached hydrogen (secondary N) is 1. The molecule has 1 atom stereocenters. The molecule has 128 valence electrons. The standard InChI is InChI=1S/C13H17F3N2O2.2ClH/c1-20-9-2-3-10(11(19)8-9)12(13(14,15)16)18-6-4-17-5-7-18;;/h2-3,8,12,17,19H,4-7H2,1H3;2*1H/t12-;;/m1../s1. The predicted octanol–water partition coefficient (Wildman–Crippen LogP) is 2.75. The molecule has 22 heavy (non-hydrogen) atoms. The Morgan fingerprint density at radius 2 is 1.82 bits per heavy atom. The Morgan fingerprint density at radius 3 is 2.27 bits per heavy atom. The number of hydrogen-bond acceptors (Lipinski definition) is 4. The van der Waals surface area contributed by atoms with Gasteiger partial charge in [-0.3, -0.25) is 4.90 Å². The maximum Gasteiger partial charge on any atom is 0.408 e. The number of ether oxygens (including phenoxy) is 1. The molecule has 0 aliphatic carbocycles. The van der Waals surface area contributed by atoms with Gasteiger partial charge in [-0.25, -0.2) is 0 Å². The molecular weight excluding hydrogens is 344 g/mol. The number of halogens is 5. The van der Waals surface area contributed by atoms with E-state index in [0.29, 0.717) is 18.8 Å². The fourth-order valence-electron chi connectivity index (χ4n) is 2.40. The van der Waals surface area contributed by atoms with Gasteiger partial charge in [0.25, 0.3) is 0 Å². The van der Waals surface area contributed by atoms with E-state index in [1.807, 2.05) is 0 Å². The molecule has 0 bridgehead atoms. The lowest BCUT2D eigenvalue weighted by molar-refractivity contribution is -0.188. The molecule has 0 unspecified atom stereocenters. The summed E-state index contributed by atoms with van der Waals surface area (Å²) < 4.78 is 44.9. The molecular formula is C13H19Cl2F3N2O2. The number of nitrogens with zero attached hydrogens (tertiary/aromatic N) is 1. The van der Waals surface area contributed by atoms with Crippen LogP contribution in [-0.4, -0.2) is 49.5 Å². The van der Waals surface area contributed by atoms with Crippen LogP contribution in [0.3, 0.4) is 0 Å². The molecule has 9 heteroatoms. The predicted molar refractivity (Wildman–Crippen MR) is 82.4 cm³/mol. The van der Waals surface area contributed by atoms with E-state index in [1.54, 1.807) is 0 Å². The number of phenols is 1. The summed E-state index contributed by atoms with van der Waals surface area (Å²) in [6.07, 6.45) is -4.44. The number of phenolic OH excluding ortho intramolecular Hbond substituents is 1. The highest BCUT2D eigenvalue weighted by molar-refractivity contribution is 5.85. The van der Waals surface area contributed by atoms with Crippen LogP contribution in [0.15, 0.2) is 18.2 Å². The largest absolute Gasteiger partial charge is 0.507 e. The van der Waals surface area contributed by atoms with Crippen molar-refractivity contribution in [3.8, 4) is 11.5 Å². The number of methoxy groups -OCH3 is 1. The van der Waals surface area contributed by atoms with Crippen LogP contribution in [0.2, 0.25) is 0 Å². The van der Waals surface area contributed by atoms with Gasteiger partial charge in [-0.15, -0.1) is 24.8 Å². The molecule has 0 saturated carbocycles. The molecule has 0 amide bonds. The van der Waals surface area contributed by atoms with E-state index in [2.05, 4.69) is 5.32 Å². The van der Waals surface area contributed by atoms with Crippen molar-refractivity contribution in [3.63, 3.8) is 0 Å². The molecule has 0 radical (unpaired) electrons. The van der Waals surface area contributed by atoms with Crippen LogP contribution >= 0.6 is 24.8 Å². The summed E-state index contributed by atoms with van der Waals surface area (Å²) in [5.74, 6) is -0.0716. The van der Waals surface area contributed by atoms with Gasteiger partial charge >= 0.3 is 6.18 Å². The Labute approximate surface area is 139 Å². The zero-order valence-corrected chi connectivity index (χ0v) is 13.5. The lowest BCUT2D eigenvalue weighted by Crippen LogP contribution is -2.49. The van der Waals surface area contributed by atoms with E-state index >= 15 is 0 Å². The van der Waals surface area contributed by atoms with Crippen LogP contribution in [0.4, 0.5) is 13.2 Å². The van der Waals surface area contributed by atoms with Crippen LogP contribution in [0.1, 0.15) is 11.6 Å². The SMILES string of the molecule is COc1ccc([C@@H](N2CCNCC2)C(F)(F)F)c(O)c1.Cl.Cl. The van der Waals surface area contributed by atoms with Gasteiger partial charge in [0.15, 0.2) is 0 Å². The van der Waals surface area contributed by atoms with Gasteiger partial charge in [0.2, 0.25) is 0 Å². The Kier molecular flexibility index (Phi) is 8.32. The second-order valence-electron chi connectivity index (χ2n) is 4.65. The van der Waals surface area contributed by atoms with E-state index in [0.717, 1.165) is 0 Å². The highest BCUT2D eigenvalue weighted by Gasteiger charge is 2.46. The van der Waals surface area contributed by atoms with Crippen molar-refractivity contribution in [1.82, 2.24) is 10.2 Å². The molecule has 1 heterocycles. The maximum absolute atomic E-state index is 13.3. The Bertz CT molecular complexity index is 469. The van der Waals surface area contributed by atoms with Gasteiger partial charge in [-0.05, 0) is 12.1 Å². The molecule has 2 rings (SSSR count). The fourth-order valence-corrected chi connectivity index (χ4v) is 2.40. The van der Waals surface area contributed by atoms with Crippen LogP contribution in [0.25, 0.3) is 0 Å². The minimum absolute atomic E-state index is 0. The van der Waals surface area contributed by atoms with E-state index in [4.69, 9.17) is 4.74 Å². The summed E-state index contributed by atoms with van der Waals surface area (Å²) in [5, 5.41) is 12.9. The molecule has 1 aromatic rings. The molecule has 1 aliphatic rings. The summed E-state index contributed by atoms with van der Waals surface area (Å²) in [4.78, 5) is 1.33. The Balaban J connectivity index is 0.00000220. The molecule has 0 aromatic heterocycles. The first-order valence-corrected chi connectivity index (χ1v) is 6.32. The van der Waals surface area contributed by atoms with E-state index < -0.39 is 18.0 Å². The average molecular weight is 363 g/mol. The van der Waals surface area contributed by atoms with Crippen LogP contribution in [0.5, 0.6) is 11.5 Å². The van der Waals surface area contributed by atoms with Crippen molar-refractivity contribution in [2.75, 3.05) is 33.3 Å². The fraction of sp³-hybridized carbons (Fsp3) is 0.538. The Morgan fingerprint density at radius 1 is 1.23 bits per heavy atom. The first-order chi connectivity index (χ1) is 9.43. The van der Waals surface area contributed by atoms with Crippen molar-refractivity contribution >= 4 is 24.8 Å². The van der Waals surface area contributed by atoms with Gasteiger partial charge < -0.3 is 15.2 Å². The summed E-state index contributed by atoms with van der Waals surface area (Å²) in [7, 11) is 1.39. The van der Waals surface area contributed by atoms with E-state index in [9.17, 15) is 18.3 Å². The topological polar surface area (TPSA) is 44.7 Å². The number of hydrogen-bond donors (Lipinski definition) is 2. The third kappa shape index (κ3) is 4.81. The summed E-state index contributed by atoms with van der Waals surface area (Å²) >= 11 is 0. The monoisotopic (exact) mass is 362 g/mol. The zero-order chi connectivity index (χ0) is 14.8. The van der Waals surface area contributed by atoms with Crippen molar-refractivity contribution < 1.29 is 23.0 Å². The van der Waals surface area contributed by atoms with Crippen molar-refractivity contribution in [2.24, 2.45) is 0 Å². The molecule has 1 fully saturated rings. The normalized spacial score (nSPS) is 17.1. The molecule has 2 N–H and O–H groups in total. The second-order valence-corrected chi connectivity index (χ2v) is 4.65. The molecule has 1 aromatic carbocycles. The van der Waals surface area contributed by atoms with Gasteiger partial charge in [0.1, 0.15) is 17.5 Å². The second kappa shape index (κ2) is 8.67. The van der Waals surface area contributed by atoms with Crippen LogP contribution < -0.4 is 10.1 Å². The highest BCUT2D eigenvalue weighted by atomic mass is 35.5. The smallest absolute Gasteiger partial charge is 0.408 e. The summed E-state index contributed by atoms with van der Waals surface area (Å²) in [6.45, 7) is 1.58. The third-order valence-electron chi connectivity index (χ3n) is 3.36. The zero-order valence-electron chi connectivity index (χ0n) is 11.9. The van der Waals surface area contributed by atoms with Crippen LogP contribution in [-0.2, 0) is 0 Å². The van der Waals surface area contributed by atoms with Gasteiger partial charge in [-0.1, -0.05) is 0 Å². The minimum Gasteiger partial charge on any atom is -0.507 e. The average Bonchev–Trinajstić information content (AvgIpc) is 2.40. The van der Waals surface area contributed by atoms with Crippen LogP contribution in [0, 0.1) is 0 Å². The molecule has 4 nitrogen and oxygen atoms in total. The quantitative estimate of drug-likeness (QED) is 0.867. The lowest BCUT2D eigenvalue weighted by atomic mass is 10.0. The van der Waals surface area contributed by atoms with Gasteiger partial charge in [-0.2, -0.15) is 13.2 Å². The number of piperazine rings is 1. The van der Waals surface area contributed by atoms with Crippen molar-refractivity contribution in [3.05, 3.63) is 23.8 Å². The summed E-state index contributed by atoms with van der Waals surface area (Å²) in [6, 6.07) is 2.11.